The average molecular weight is 402 g/mol. The van der Waals surface area contributed by atoms with Gasteiger partial charge in [-0.3, -0.25) is 0 Å². The van der Waals surface area contributed by atoms with E-state index >= 15 is 0 Å². The average Bonchev–Trinajstić information content (AvgIpc) is 2.91. The molecule has 7 heteroatoms. The fourth-order valence-electron chi connectivity index (χ4n) is 2.35. The van der Waals surface area contributed by atoms with Crippen molar-refractivity contribution in [3.8, 4) is 11.5 Å². The minimum Gasteiger partial charge on any atom is -0.453 e. The van der Waals surface area contributed by atoms with Crippen molar-refractivity contribution in [2.75, 3.05) is 11.5 Å². The molecular weight excluding hydrogens is 388 g/mol. The summed E-state index contributed by atoms with van der Waals surface area (Å²) in [4.78, 5) is 0. The van der Waals surface area contributed by atoms with Crippen LogP contribution in [0, 0.1) is 11.6 Å². The van der Waals surface area contributed by atoms with Gasteiger partial charge in [-0.25, -0.2) is 13.0 Å². The number of halogens is 3. The molecule has 122 valence electrons. The molecule has 0 aromatic heterocycles. The van der Waals surface area contributed by atoms with E-state index in [1.165, 1.54) is 6.07 Å². The SMILES string of the molecule is O=S1(=Nc2ccc(Oc3ccc(F)cc3F)c(Br)c2)CCCC1. The first-order valence-electron chi connectivity index (χ1n) is 7.10. The normalized spacial score (nSPS) is 16.3. The molecule has 0 aliphatic carbocycles. The van der Waals surface area contributed by atoms with E-state index in [1.807, 2.05) is 0 Å². The lowest BCUT2D eigenvalue weighted by molar-refractivity contribution is 0.435. The molecule has 1 fully saturated rings. The van der Waals surface area contributed by atoms with E-state index in [1.54, 1.807) is 18.2 Å². The molecule has 0 unspecified atom stereocenters. The lowest BCUT2D eigenvalue weighted by Gasteiger charge is -2.09. The van der Waals surface area contributed by atoms with Crippen molar-refractivity contribution in [3.63, 3.8) is 0 Å². The fourth-order valence-corrected chi connectivity index (χ4v) is 4.99. The molecule has 0 atom stereocenters. The first-order valence-corrected chi connectivity index (χ1v) is 9.75. The molecule has 2 aromatic carbocycles. The molecule has 0 N–H and O–H groups in total. The summed E-state index contributed by atoms with van der Waals surface area (Å²) in [7, 11) is -2.15. The van der Waals surface area contributed by atoms with E-state index in [-0.39, 0.29) is 5.75 Å². The largest absolute Gasteiger partial charge is 0.453 e. The summed E-state index contributed by atoms with van der Waals surface area (Å²) >= 11 is 3.34. The Labute approximate surface area is 142 Å². The van der Waals surface area contributed by atoms with Crippen LogP contribution in [0.5, 0.6) is 11.5 Å². The molecule has 23 heavy (non-hydrogen) atoms. The van der Waals surface area contributed by atoms with Gasteiger partial charge in [-0.15, -0.1) is 0 Å². The van der Waals surface area contributed by atoms with Crippen LogP contribution < -0.4 is 4.74 Å². The monoisotopic (exact) mass is 401 g/mol. The van der Waals surface area contributed by atoms with Crippen molar-refractivity contribution in [2.24, 2.45) is 4.36 Å². The van der Waals surface area contributed by atoms with Gasteiger partial charge in [0.1, 0.15) is 11.6 Å². The van der Waals surface area contributed by atoms with Crippen molar-refractivity contribution in [2.45, 2.75) is 12.8 Å². The summed E-state index contributed by atoms with van der Waals surface area (Å²) in [5.41, 5.74) is 0.593. The maximum atomic E-state index is 13.6. The molecule has 1 aliphatic heterocycles. The van der Waals surface area contributed by atoms with Crippen LogP contribution in [0.15, 0.2) is 45.2 Å². The molecule has 3 nitrogen and oxygen atoms in total. The third kappa shape index (κ3) is 3.90. The van der Waals surface area contributed by atoms with Crippen LogP contribution in [0.2, 0.25) is 0 Å². The van der Waals surface area contributed by atoms with Gasteiger partial charge in [0.05, 0.1) is 19.9 Å². The van der Waals surface area contributed by atoms with Crippen LogP contribution in [0.4, 0.5) is 14.5 Å². The predicted molar refractivity (Wildman–Crippen MR) is 89.8 cm³/mol. The highest BCUT2D eigenvalue weighted by Crippen LogP contribution is 2.34. The smallest absolute Gasteiger partial charge is 0.168 e. The van der Waals surface area contributed by atoms with E-state index in [0.29, 0.717) is 27.4 Å². The van der Waals surface area contributed by atoms with Gasteiger partial charge in [0.25, 0.3) is 0 Å². The highest BCUT2D eigenvalue weighted by Gasteiger charge is 2.16. The molecule has 1 aliphatic rings. The van der Waals surface area contributed by atoms with Gasteiger partial charge >= 0.3 is 0 Å². The molecule has 0 spiro atoms. The Morgan fingerprint density at radius 1 is 1.04 bits per heavy atom. The zero-order valence-electron chi connectivity index (χ0n) is 12.1. The van der Waals surface area contributed by atoms with Gasteiger partial charge in [-0.2, -0.15) is 4.36 Å². The summed E-state index contributed by atoms with van der Waals surface area (Å²) < 4.78 is 49.3. The summed E-state index contributed by atoms with van der Waals surface area (Å²) in [6.07, 6.45) is 1.88. The van der Waals surface area contributed by atoms with Crippen molar-refractivity contribution in [1.82, 2.24) is 0 Å². The Morgan fingerprint density at radius 3 is 2.39 bits per heavy atom. The minimum atomic E-state index is -2.15. The fraction of sp³-hybridized carbons (Fsp3) is 0.250. The van der Waals surface area contributed by atoms with Gasteiger partial charge in [0.15, 0.2) is 11.6 Å². The van der Waals surface area contributed by atoms with E-state index in [4.69, 9.17) is 4.74 Å². The standard InChI is InChI=1S/C16H14BrF2NO2S/c17-13-10-12(20-23(21)7-1-2-8-23)4-6-15(13)22-16-5-3-11(18)9-14(16)19/h3-6,9-10H,1-2,7-8H2. The molecule has 0 saturated carbocycles. The number of ether oxygens (including phenoxy) is 1. The summed E-state index contributed by atoms with van der Waals surface area (Å²) in [5.74, 6) is 0.116. The molecule has 0 bridgehead atoms. The predicted octanol–water partition coefficient (Wildman–Crippen LogP) is 5.41. The maximum Gasteiger partial charge on any atom is 0.168 e. The lowest BCUT2D eigenvalue weighted by atomic mass is 10.3. The van der Waals surface area contributed by atoms with E-state index < -0.39 is 21.4 Å². The quantitative estimate of drug-likeness (QED) is 0.689. The Morgan fingerprint density at radius 2 is 1.74 bits per heavy atom. The topological polar surface area (TPSA) is 38.7 Å². The number of hydrogen-bond donors (Lipinski definition) is 0. The number of hydrogen-bond acceptors (Lipinski definition) is 3. The molecule has 0 amide bonds. The molecule has 0 radical (unpaired) electrons. The first-order chi connectivity index (χ1) is 11.0. The maximum absolute atomic E-state index is 13.6. The second kappa shape index (κ2) is 6.57. The number of nitrogens with zero attached hydrogens (tertiary/aromatic N) is 1. The Bertz CT molecular complexity index is 851. The summed E-state index contributed by atoms with van der Waals surface area (Å²) in [5, 5.41) is 0. The molecule has 3 rings (SSSR count). The van der Waals surface area contributed by atoms with Gasteiger partial charge in [-0.1, -0.05) is 0 Å². The van der Waals surface area contributed by atoms with Crippen LogP contribution in [0.1, 0.15) is 12.8 Å². The highest BCUT2D eigenvalue weighted by molar-refractivity contribution is 9.10. The van der Waals surface area contributed by atoms with Crippen molar-refractivity contribution >= 4 is 31.3 Å². The second-order valence-corrected chi connectivity index (χ2v) is 8.67. The first kappa shape index (κ1) is 16.4. The number of rotatable bonds is 3. The van der Waals surface area contributed by atoms with Crippen LogP contribution >= 0.6 is 15.9 Å². The van der Waals surface area contributed by atoms with Crippen molar-refractivity contribution < 1.29 is 17.7 Å². The van der Waals surface area contributed by atoms with Gasteiger partial charge in [0, 0.05) is 17.6 Å². The van der Waals surface area contributed by atoms with E-state index in [9.17, 15) is 13.0 Å². The van der Waals surface area contributed by atoms with Gasteiger partial charge < -0.3 is 4.74 Å². The summed E-state index contributed by atoms with van der Waals surface area (Å²) in [6.45, 7) is 0. The Balaban J connectivity index is 1.86. The van der Waals surface area contributed by atoms with Crippen molar-refractivity contribution in [1.29, 1.82) is 0 Å². The lowest BCUT2D eigenvalue weighted by Crippen LogP contribution is -1.99. The molecule has 2 aromatic rings. The second-order valence-electron chi connectivity index (χ2n) is 5.27. The summed E-state index contributed by atoms with van der Waals surface area (Å²) in [6, 6.07) is 8.08. The van der Waals surface area contributed by atoms with Crippen LogP contribution in [0.3, 0.4) is 0 Å². The van der Waals surface area contributed by atoms with Crippen LogP contribution in [-0.2, 0) is 9.73 Å². The highest BCUT2D eigenvalue weighted by atomic mass is 79.9. The minimum absolute atomic E-state index is 0.0708. The van der Waals surface area contributed by atoms with Gasteiger partial charge in [0.2, 0.25) is 0 Å². The van der Waals surface area contributed by atoms with Crippen LogP contribution in [0.25, 0.3) is 0 Å². The van der Waals surface area contributed by atoms with E-state index in [0.717, 1.165) is 25.0 Å². The zero-order chi connectivity index (χ0) is 16.4. The molecule has 1 heterocycles. The van der Waals surface area contributed by atoms with Crippen molar-refractivity contribution in [3.05, 3.63) is 52.5 Å². The van der Waals surface area contributed by atoms with Gasteiger partial charge in [-0.05, 0) is 59.1 Å². The third-order valence-corrected chi connectivity index (χ3v) is 6.49. The zero-order valence-corrected chi connectivity index (χ0v) is 14.5. The Hall–Kier alpha value is -1.47. The van der Waals surface area contributed by atoms with Crippen LogP contribution in [-0.4, -0.2) is 15.7 Å². The molecular formula is C16H14BrF2NO2S. The molecule has 1 saturated heterocycles. The third-order valence-electron chi connectivity index (χ3n) is 3.48. The van der Waals surface area contributed by atoms with E-state index in [2.05, 4.69) is 20.3 Å². The number of benzene rings is 2. The Kier molecular flexibility index (Phi) is 4.68.